The molecule has 1 aromatic heterocycles. The molecule has 0 aliphatic heterocycles. The highest BCUT2D eigenvalue weighted by Crippen LogP contribution is 2.27. The maximum atomic E-state index is 12.9. The van der Waals surface area contributed by atoms with Gasteiger partial charge in [0.15, 0.2) is 0 Å². The first-order valence-corrected chi connectivity index (χ1v) is 11.1. The van der Waals surface area contributed by atoms with Gasteiger partial charge in [0.2, 0.25) is 11.9 Å². The van der Waals surface area contributed by atoms with Crippen LogP contribution in [0.1, 0.15) is 20.8 Å². The van der Waals surface area contributed by atoms with E-state index in [0.29, 0.717) is 18.2 Å². The first-order chi connectivity index (χ1) is 16.4. The lowest BCUT2D eigenvalue weighted by Crippen LogP contribution is -2.47. The zero-order chi connectivity index (χ0) is 24.7. The number of hydrogen-bond donors (Lipinski definition) is 2. The summed E-state index contributed by atoms with van der Waals surface area (Å²) in [5.41, 5.74) is 2.35. The fraction of sp³-hybridized carbons (Fsp3) is 0.320. The van der Waals surface area contributed by atoms with Crippen LogP contribution in [-0.2, 0) is 4.79 Å². The zero-order valence-electron chi connectivity index (χ0n) is 20.2. The second-order valence-corrected chi connectivity index (χ2v) is 7.85. The van der Waals surface area contributed by atoms with Gasteiger partial charge in [-0.2, -0.15) is 0 Å². The molecule has 0 unspecified atom stereocenters. The Kier molecular flexibility index (Phi) is 8.13. The van der Waals surface area contributed by atoms with E-state index in [-0.39, 0.29) is 24.5 Å². The highest BCUT2D eigenvalue weighted by Gasteiger charge is 2.21. The number of benzene rings is 2. The summed E-state index contributed by atoms with van der Waals surface area (Å²) in [5.74, 6) is 1.47. The molecule has 0 radical (unpaired) electrons. The Labute approximate surface area is 199 Å². The van der Waals surface area contributed by atoms with Crippen molar-refractivity contribution in [1.29, 1.82) is 0 Å². The summed E-state index contributed by atoms with van der Waals surface area (Å²) >= 11 is 0. The highest BCUT2D eigenvalue weighted by molar-refractivity contribution is 5.93. The van der Waals surface area contributed by atoms with Crippen molar-refractivity contribution in [1.82, 2.24) is 19.8 Å². The van der Waals surface area contributed by atoms with Crippen LogP contribution < -0.4 is 20.1 Å². The van der Waals surface area contributed by atoms with Crippen LogP contribution in [0, 0.1) is 0 Å². The third-order valence-corrected chi connectivity index (χ3v) is 5.22. The van der Waals surface area contributed by atoms with Crippen molar-refractivity contribution in [2.24, 2.45) is 0 Å². The van der Waals surface area contributed by atoms with Gasteiger partial charge in [-0.25, -0.2) is 9.78 Å². The average Bonchev–Trinajstić information content (AvgIpc) is 3.26. The van der Waals surface area contributed by atoms with E-state index in [1.807, 2.05) is 75.5 Å². The van der Waals surface area contributed by atoms with E-state index >= 15 is 0 Å². The van der Waals surface area contributed by atoms with E-state index in [2.05, 4.69) is 15.6 Å². The fourth-order valence-electron chi connectivity index (χ4n) is 3.37. The molecule has 3 rings (SSSR count). The largest absolute Gasteiger partial charge is 0.497 e. The van der Waals surface area contributed by atoms with Crippen molar-refractivity contribution in [3.63, 3.8) is 0 Å². The Morgan fingerprint density at radius 1 is 1.00 bits per heavy atom. The number of carbonyl (C=O) groups is 2. The molecule has 0 spiro atoms. The van der Waals surface area contributed by atoms with Gasteiger partial charge in [-0.3, -0.25) is 14.7 Å². The fourth-order valence-corrected chi connectivity index (χ4v) is 3.37. The van der Waals surface area contributed by atoms with E-state index in [1.165, 1.54) is 4.90 Å². The molecule has 0 aliphatic rings. The van der Waals surface area contributed by atoms with Crippen molar-refractivity contribution < 1.29 is 19.1 Å². The summed E-state index contributed by atoms with van der Waals surface area (Å²) in [5, 5.41) is 5.61. The minimum absolute atomic E-state index is 0.100. The normalized spacial score (nSPS) is 10.6. The van der Waals surface area contributed by atoms with Gasteiger partial charge in [-0.1, -0.05) is 0 Å². The molecule has 180 valence electrons. The molecule has 2 aromatic carbocycles. The molecule has 0 aliphatic carbocycles. The van der Waals surface area contributed by atoms with Crippen molar-refractivity contribution in [2.75, 3.05) is 32.6 Å². The van der Waals surface area contributed by atoms with E-state index in [1.54, 1.807) is 18.8 Å². The molecule has 1 heterocycles. The minimum atomic E-state index is -0.346. The number of imidazole rings is 1. The van der Waals surface area contributed by atoms with Crippen LogP contribution in [0.15, 0.2) is 54.7 Å². The quantitative estimate of drug-likeness (QED) is 0.499. The second-order valence-electron chi connectivity index (χ2n) is 7.85. The molecule has 34 heavy (non-hydrogen) atoms. The summed E-state index contributed by atoms with van der Waals surface area (Å²) in [6, 6.07) is 14.5. The second kappa shape index (κ2) is 11.2. The molecule has 0 fully saturated rings. The first kappa shape index (κ1) is 24.6. The minimum Gasteiger partial charge on any atom is -0.497 e. The molecule has 9 heteroatoms. The maximum absolute atomic E-state index is 12.9. The highest BCUT2D eigenvalue weighted by atomic mass is 16.5. The molecule has 2 N–H and O–H groups in total. The lowest BCUT2D eigenvalue weighted by atomic mass is 10.1. The Morgan fingerprint density at radius 2 is 1.59 bits per heavy atom. The Bertz CT molecular complexity index is 1110. The SMILES string of the molecule is CCNC(=O)N(CC(=O)Nc1nc(-c2ccc(OC)cc2)cn1-c1ccc(OC)cc1)C(C)C. The summed E-state index contributed by atoms with van der Waals surface area (Å²) in [6.45, 7) is 5.95. The topological polar surface area (TPSA) is 97.7 Å². The number of aromatic nitrogens is 2. The number of anilines is 1. The van der Waals surface area contributed by atoms with Crippen LogP contribution >= 0.6 is 0 Å². The van der Waals surface area contributed by atoms with Crippen molar-refractivity contribution >= 4 is 17.9 Å². The molecular formula is C25H31N5O4. The molecule has 0 bridgehead atoms. The maximum Gasteiger partial charge on any atom is 0.318 e. The lowest BCUT2D eigenvalue weighted by Gasteiger charge is -2.26. The number of carbonyl (C=O) groups excluding carboxylic acids is 2. The molecule has 9 nitrogen and oxygen atoms in total. The molecule has 0 saturated heterocycles. The summed E-state index contributed by atoms with van der Waals surface area (Å²) in [6.07, 6.45) is 1.85. The Morgan fingerprint density at radius 3 is 2.12 bits per heavy atom. The number of ether oxygens (including phenoxy) is 2. The van der Waals surface area contributed by atoms with Gasteiger partial charge in [-0.05, 0) is 69.3 Å². The summed E-state index contributed by atoms with van der Waals surface area (Å²) < 4.78 is 12.3. The number of urea groups is 1. The number of nitrogens with one attached hydrogen (secondary N) is 2. The summed E-state index contributed by atoms with van der Waals surface area (Å²) in [4.78, 5) is 31.4. The predicted molar refractivity (Wildman–Crippen MR) is 132 cm³/mol. The number of amides is 3. The monoisotopic (exact) mass is 465 g/mol. The Balaban J connectivity index is 1.92. The number of hydrogen-bond acceptors (Lipinski definition) is 5. The molecule has 0 atom stereocenters. The van der Waals surface area contributed by atoms with Gasteiger partial charge in [0.25, 0.3) is 0 Å². The number of methoxy groups -OCH3 is 2. The van der Waals surface area contributed by atoms with E-state index in [9.17, 15) is 9.59 Å². The third-order valence-electron chi connectivity index (χ3n) is 5.22. The van der Waals surface area contributed by atoms with E-state index < -0.39 is 0 Å². The van der Waals surface area contributed by atoms with E-state index in [0.717, 1.165) is 22.7 Å². The van der Waals surface area contributed by atoms with Crippen LogP contribution in [0.3, 0.4) is 0 Å². The third kappa shape index (κ3) is 5.86. The van der Waals surface area contributed by atoms with Gasteiger partial charge < -0.3 is 19.7 Å². The van der Waals surface area contributed by atoms with Gasteiger partial charge in [0, 0.05) is 30.0 Å². The Hall–Kier alpha value is -4.01. The lowest BCUT2D eigenvalue weighted by molar-refractivity contribution is -0.117. The van der Waals surface area contributed by atoms with Gasteiger partial charge in [0.1, 0.15) is 18.0 Å². The smallest absolute Gasteiger partial charge is 0.318 e. The van der Waals surface area contributed by atoms with Crippen LogP contribution in [0.4, 0.5) is 10.7 Å². The van der Waals surface area contributed by atoms with Crippen LogP contribution in [0.2, 0.25) is 0 Å². The van der Waals surface area contributed by atoms with Crippen molar-refractivity contribution in [3.8, 4) is 28.4 Å². The molecule has 3 aromatic rings. The van der Waals surface area contributed by atoms with Crippen molar-refractivity contribution in [2.45, 2.75) is 26.8 Å². The molecular weight excluding hydrogens is 434 g/mol. The van der Waals surface area contributed by atoms with Crippen molar-refractivity contribution in [3.05, 3.63) is 54.7 Å². The summed E-state index contributed by atoms with van der Waals surface area (Å²) in [7, 11) is 3.22. The average molecular weight is 466 g/mol. The number of rotatable bonds is 9. The van der Waals surface area contributed by atoms with Crippen LogP contribution in [0.25, 0.3) is 16.9 Å². The zero-order valence-corrected chi connectivity index (χ0v) is 20.2. The standard InChI is InChI=1S/C25H31N5O4/c1-6-26-25(32)29(17(2)3)16-23(31)28-24-27-22(18-7-11-20(33-4)12-8-18)15-30(24)19-9-13-21(34-5)14-10-19/h7-15,17H,6,16H2,1-5H3,(H,26,32)(H,27,28,31). The first-order valence-electron chi connectivity index (χ1n) is 11.1. The van der Waals surface area contributed by atoms with E-state index in [4.69, 9.17) is 9.47 Å². The van der Waals surface area contributed by atoms with Crippen LogP contribution in [-0.4, -0.2) is 59.7 Å². The van der Waals surface area contributed by atoms with Gasteiger partial charge >= 0.3 is 6.03 Å². The molecule has 3 amide bonds. The van der Waals surface area contributed by atoms with Gasteiger partial charge in [-0.15, -0.1) is 0 Å². The number of nitrogens with zero attached hydrogens (tertiary/aromatic N) is 3. The molecule has 0 saturated carbocycles. The van der Waals surface area contributed by atoms with Crippen LogP contribution in [0.5, 0.6) is 11.5 Å². The van der Waals surface area contributed by atoms with Gasteiger partial charge in [0.05, 0.1) is 19.9 Å². The predicted octanol–water partition coefficient (Wildman–Crippen LogP) is 3.93.